The van der Waals surface area contributed by atoms with Gasteiger partial charge in [0.05, 0.1) is 0 Å². The SMILES string of the molecule is C=CC1CC=C2OC2C1. The van der Waals surface area contributed by atoms with Crippen molar-refractivity contribution in [1.82, 2.24) is 0 Å². The first-order valence-corrected chi connectivity index (χ1v) is 3.39. The molecular weight excluding hydrogens is 112 g/mol. The van der Waals surface area contributed by atoms with Crippen molar-refractivity contribution in [2.24, 2.45) is 5.92 Å². The van der Waals surface area contributed by atoms with Gasteiger partial charge in [-0.25, -0.2) is 0 Å². The molecule has 1 fully saturated rings. The Hall–Kier alpha value is -0.720. The maximum Gasteiger partial charge on any atom is 0.155 e. The average Bonchev–Trinajstić information content (AvgIpc) is 2.64. The summed E-state index contributed by atoms with van der Waals surface area (Å²) in [6.45, 7) is 3.75. The first kappa shape index (κ1) is 5.10. The van der Waals surface area contributed by atoms with Crippen molar-refractivity contribution in [1.29, 1.82) is 0 Å². The highest BCUT2D eigenvalue weighted by atomic mass is 16.6. The van der Waals surface area contributed by atoms with Gasteiger partial charge in [0, 0.05) is 0 Å². The first-order chi connectivity index (χ1) is 4.40. The Bertz CT molecular complexity index is 169. The molecule has 1 heterocycles. The van der Waals surface area contributed by atoms with Crippen LogP contribution in [-0.4, -0.2) is 6.10 Å². The molecule has 1 aliphatic heterocycles. The highest BCUT2D eigenvalue weighted by Gasteiger charge is 2.36. The van der Waals surface area contributed by atoms with Crippen molar-refractivity contribution < 1.29 is 4.74 Å². The van der Waals surface area contributed by atoms with Crippen LogP contribution in [0.3, 0.4) is 0 Å². The van der Waals surface area contributed by atoms with Gasteiger partial charge in [0.25, 0.3) is 0 Å². The molecule has 1 aliphatic carbocycles. The van der Waals surface area contributed by atoms with Gasteiger partial charge in [-0.15, -0.1) is 6.58 Å². The van der Waals surface area contributed by atoms with Crippen LogP contribution in [0.15, 0.2) is 24.5 Å². The summed E-state index contributed by atoms with van der Waals surface area (Å²) < 4.78 is 5.22. The molecule has 0 radical (unpaired) electrons. The molecule has 0 spiro atoms. The van der Waals surface area contributed by atoms with Crippen molar-refractivity contribution in [2.45, 2.75) is 18.9 Å². The molecule has 2 unspecified atom stereocenters. The third-order valence-corrected chi connectivity index (χ3v) is 2.01. The Labute approximate surface area is 55.0 Å². The molecule has 2 atom stereocenters. The molecule has 0 aromatic heterocycles. The zero-order valence-corrected chi connectivity index (χ0v) is 5.34. The van der Waals surface area contributed by atoms with Crippen LogP contribution in [-0.2, 0) is 4.74 Å². The highest BCUT2D eigenvalue weighted by Crippen LogP contribution is 2.38. The smallest absolute Gasteiger partial charge is 0.155 e. The second kappa shape index (κ2) is 1.63. The van der Waals surface area contributed by atoms with Crippen LogP contribution in [0.25, 0.3) is 0 Å². The van der Waals surface area contributed by atoms with E-state index in [2.05, 4.69) is 12.7 Å². The number of epoxide rings is 1. The lowest BCUT2D eigenvalue weighted by molar-refractivity contribution is 0.393. The monoisotopic (exact) mass is 122 g/mol. The summed E-state index contributed by atoms with van der Waals surface area (Å²) in [6, 6.07) is 0. The number of hydrogen-bond acceptors (Lipinski definition) is 1. The average molecular weight is 122 g/mol. The maximum atomic E-state index is 5.22. The molecule has 1 heteroatoms. The molecule has 2 aliphatic rings. The topological polar surface area (TPSA) is 12.5 Å². The van der Waals surface area contributed by atoms with Crippen molar-refractivity contribution in [3.63, 3.8) is 0 Å². The number of allylic oxidation sites excluding steroid dienone is 2. The van der Waals surface area contributed by atoms with Crippen molar-refractivity contribution in [3.05, 3.63) is 24.5 Å². The van der Waals surface area contributed by atoms with Crippen LogP contribution >= 0.6 is 0 Å². The molecule has 1 saturated heterocycles. The largest absolute Gasteiger partial charge is 0.483 e. The molecule has 48 valence electrons. The number of fused-ring (bicyclic) bond motifs is 1. The fourth-order valence-corrected chi connectivity index (χ4v) is 1.31. The second-order valence-electron chi connectivity index (χ2n) is 2.68. The van der Waals surface area contributed by atoms with Crippen LogP contribution < -0.4 is 0 Å². The summed E-state index contributed by atoms with van der Waals surface area (Å²) in [5.41, 5.74) is 0. The van der Waals surface area contributed by atoms with E-state index in [1.54, 1.807) is 0 Å². The van der Waals surface area contributed by atoms with Gasteiger partial charge in [0.2, 0.25) is 0 Å². The van der Waals surface area contributed by atoms with Gasteiger partial charge in [-0.1, -0.05) is 6.08 Å². The van der Waals surface area contributed by atoms with E-state index in [0.29, 0.717) is 12.0 Å². The Morgan fingerprint density at radius 1 is 1.78 bits per heavy atom. The lowest BCUT2D eigenvalue weighted by atomic mass is 9.95. The van der Waals surface area contributed by atoms with E-state index >= 15 is 0 Å². The Morgan fingerprint density at radius 3 is 3.33 bits per heavy atom. The summed E-state index contributed by atoms with van der Waals surface area (Å²) in [6.07, 6.45) is 6.97. The van der Waals surface area contributed by atoms with Crippen LogP contribution in [0.4, 0.5) is 0 Å². The zero-order chi connectivity index (χ0) is 6.27. The second-order valence-corrected chi connectivity index (χ2v) is 2.68. The lowest BCUT2D eigenvalue weighted by Crippen LogP contribution is -2.02. The zero-order valence-electron chi connectivity index (χ0n) is 5.34. The summed E-state index contributed by atoms with van der Waals surface area (Å²) in [7, 11) is 0. The van der Waals surface area contributed by atoms with Crippen molar-refractivity contribution in [2.75, 3.05) is 0 Å². The van der Waals surface area contributed by atoms with E-state index in [1.165, 1.54) is 5.76 Å². The third kappa shape index (κ3) is 0.766. The van der Waals surface area contributed by atoms with Crippen LogP contribution in [0.1, 0.15) is 12.8 Å². The molecule has 1 nitrogen and oxygen atoms in total. The molecule has 0 saturated carbocycles. The van der Waals surface area contributed by atoms with Gasteiger partial charge in [-0.2, -0.15) is 0 Å². The minimum absolute atomic E-state index is 0.474. The minimum atomic E-state index is 0.474. The number of ether oxygens (including phenoxy) is 1. The van der Waals surface area contributed by atoms with E-state index in [9.17, 15) is 0 Å². The molecule has 0 aromatic carbocycles. The van der Waals surface area contributed by atoms with Gasteiger partial charge < -0.3 is 4.74 Å². The van der Waals surface area contributed by atoms with Gasteiger partial charge in [0.1, 0.15) is 5.76 Å². The quantitative estimate of drug-likeness (QED) is 0.382. The van der Waals surface area contributed by atoms with E-state index in [1.807, 2.05) is 6.08 Å². The molecule has 0 N–H and O–H groups in total. The summed E-state index contributed by atoms with van der Waals surface area (Å²) in [5, 5.41) is 0. The number of hydrogen-bond donors (Lipinski definition) is 0. The normalized spacial score (nSPS) is 38.0. The van der Waals surface area contributed by atoms with Crippen LogP contribution in [0, 0.1) is 5.92 Å². The van der Waals surface area contributed by atoms with E-state index < -0.39 is 0 Å². The Kier molecular flexibility index (Phi) is 0.922. The van der Waals surface area contributed by atoms with Gasteiger partial charge in [-0.3, -0.25) is 0 Å². The molecular formula is C8H10O. The standard InChI is InChI=1S/C8H10O/c1-2-6-3-4-7-8(5-6)9-7/h2,4,6,8H,1,3,5H2. The van der Waals surface area contributed by atoms with Gasteiger partial charge >= 0.3 is 0 Å². The van der Waals surface area contributed by atoms with Crippen LogP contribution in [0.5, 0.6) is 0 Å². The predicted molar refractivity (Wildman–Crippen MR) is 35.9 cm³/mol. The summed E-state index contributed by atoms with van der Waals surface area (Å²) in [4.78, 5) is 0. The van der Waals surface area contributed by atoms with E-state index in [-0.39, 0.29) is 0 Å². The van der Waals surface area contributed by atoms with Gasteiger partial charge in [0.15, 0.2) is 6.10 Å². The van der Waals surface area contributed by atoms with Gasteiger partial charge in [-0.05, 0) is 24.8 Å². The lowest BCUT2D eigenvalue weighted by Gasteiger charge is -2.07. The fraction of sp³-hybridized carbons (Fsp3) is 0.500. The minimum Gasteiger partial charge on any atom is -0.483 e. The molecule has 2 rings (SSSR count). The highest BCUT2D eigenvalue weighted by molar-refractivity contribution is 5.18. The molecule has 0 bridgehead atoms. The summed E-state index contributed by atoms with van der Waals surface area (Å²) >= 11 is 0. The number of rotatable bonds is 1. The Balaban J connectivity index is 2.07. The molecule has 0 amide bonds. The molecule has 9 heavy (non-hydrogen) atoms. The first-order valence-electron chi connectivity index (χ1n) is 3.39. The van der Waals surface area contributed by atoms with Crippen molar-refractivity contribution in [3.8, 4) is 0 Å². The van der Waals surface area contributed by atoms with E-state index in [4.69, 9.17) is 4.74 Å². The third-order valence-electron chi connectivity index (χ3n) is 2.01. The van der Waals surface area contributed by atoms with Crippen molar-refractivity contribution >= 4 is 0 Å². The van der Waals surface area contributed by atoms with E-state index in [0.717, 1.165) is 12.8 Å². The summed E-state index contributed by atoms with van der Waals surface area (Å²) in [5.74, 6) is 1.88. The molecule has 0 aromatic rings. The predicted octanol–water partition coefficient (Wildman–Crippen LogP) is 1.87. The maximum absolute atomic E-state index is 5.22. The van der Waals surface area contributed by atoms with Crippen LogP contribution in [0.2, 0.25) is 0 Å². The fourth-order valence-electron chi connectivity index (χ4n) is 1.31. The Morgan fingerprint density at radius 2 is 2.67 bits per heavy atom.